The van der Waals surface area contributed by atoms with Crippen LogP contribution in [0.3, 0.4) is 0 Å². The van der Waals surface area contributed by atoms with E-state index in [4.69, 9.17) is 0 Å². The molecule has 2 nitrogen and oxygen atoms in total. The topological polar surface area (TPSA) is 15.3 Å². The van der Waals surface area contributed by atoms with Gasteiger partial charge in [0.2, 0.25) is 0 Å². The molecule has 0 aliphatic carbocycles. The summed E-state index contributed by atoms with van der Waals surface area (Å²) in [4.78, 5) is 2.63. The lowest BCUT2D eigenvalue weighted by Gasteiger charge is -2.34. The quantitative estimate of drug-likeness (QED) is 0.635. The van der Waals surface area contributed by atoms with Crippen LogP contribution in [0.25, 0.3) is 0 Å². The molecule has 0 aromatic heterocycles. The minimum atomic E-state index is 0.707. The van der Waals surface area contributed by atoms with Gasteiger partial charge in [-0.15, -0.1) is 0 Å². The molecule has 1 aliphatic heterocycles. The third kappa shape index (κ3) is 7.94. The van der Waals surface area contributed by atoms with Crippen LogP contribution in [0, 0.1) is 5.92 Å². The van der Waals surface area contributed by atoms with Gasteiger partial charge in [-0.25, -0.2) is 0 Å². The lowest BCUT2D eigenvalue weighted by molar-refractivity contribution is 0.174. The summed E-state index contributed by atoms with van der Waals surface area (Å²) < 4.78 is 0. The van der Waals surface area contributed by atoms with Gasteiger partial charge in [-0.1, -0.05) is 46.5 Å². The maximum absolute atomic E-state index is 3.84. The Morgan fingerprint density at radius 3 is 2.32 bits per heavy atom. The summed E-state index contributed by atoms with van der Waals surface area (Å²) in [6.07, 6.45) is 9.59. The Kier molecular flexibility index (Phi) is 8.72. The predicted molar refractivity (Wildman–Crippen MR) is 85.7 cm³/mol. The molecule has 1 heterocycles. The van der Waals surface area contributed by atoms with Crippen molar-refractivity contribution in [1.82, 2.24) is 10.2 Å². The molecule has 1 N–H and O–H groups in total. The summed E-state index contributed by atoms with van der Waals surface area (Å²) in [7, 11) is 0. The number of piperidine rings is 1. The van der Waals surface area contributed by atoms with E-state index in [0.717, 1.165) is 12.0 Å². The third-order valence-electron chi connectivity index (χ3n) is 4.22. The largest absolute Gasteiger partial charge is 0.311 e. The Morgan fingerprint density at radius 1 is 1.05 bits per heavy atom. The molecule has 1 aliphatic rings. The van der Waals surface area contributed by atoms with Crippen molar-refractivity contribution >= 4 is 0 Å². The molecule has 1 fully saturated rings. The van der Waals surface area contributed by atoms with Gasteiger partial charge in [0.05, 0.1) is 0 Å². The maximum atomic E-state index is 3.84. The first-order valence-corrected chi connectivity index (χ1v) is 8.60. The molecular weight excluding hydrogens is 232 g/mol. The normalized spacial score (nSPS) is 20.1. The van der Waals surface area contributed by atoms with Gasteiger partial charge in [0.15, 0.2) is 0 Å². The highest BCUT2D eigenvalue weighted by Crippen LogP contribution is 2.14. The second-order valence-corrected chi connectivity index (χ2v) is 6.89. The maximum Gasteiger partial charge on any atom is 0.00938 e. The average molecular weight is 268 g/mol. The fourth-order valence-electron chi connectivity index (χ4n) is 3.16. The summed E-state index contributed by atoms with van der Waals surface area (Å²) in [5, 5.41) is 3.84. The van der Waals surface area contributed by atoms with Crippen LogP contribution < -0.4 is 5.32 Å². The Bertz CT molecular complexity index is 207. The lowest BCUT2D eigenvalue weighted by atomic mass is 10.0. The third-order valence-corrected chi connectivity index (χ3v) is 4.22. The smallest absolute Gasteiger partial charge is 0.00938 e. The molecule has 2 heteroatoms. The van der Waals surface area contributed by atoms with E-state index in [1.54, 1.807) is 0 Å². The summed E-state index contributed by atoms with van der Waals surface area (Å²) in [6, 6.07) is 1.48. The highest BCUT2D eigenvalue weighted by Gasteiger charge is 2.20. The number of rotatable bonds is 9. The van der Waals surface area contributed by atoms with Crippen LogP contribution in [-0.4, -0.2) is 36.6 Å². The number of likely N-dealkylation sites (tertiary alicyclic amines) is 1. The van der Waals surface area contributed by atoms with E-state index in [2.05, 4.69) is 37.9 Å². The highest BCUT2D eigenvalue weighted by molar-refractivity contribution is 4.79. The summed E-state index contributed by atoms with van der Waals surface area (Å²) in [5.74, 6) is 0.807. The Morgan fingerprint density at radius 2 is 1.74 bits per heavy atom. The van der Waals surface area contributed by atoms with E-state index in [9.17, 15) is 0 Å². The van der Waals surface area contributed by atoms with Crippen LogP contribution in [0.5, 0.6) is 0 Å². The second-order valence-electron chi connectivity index (χ2n) is 6.89. The van der Waals surface area contributed by atoms with Crippen molar-refractivity contribution < 1.29 is 0 Å². The molecule has 114 valence electrons. The van der Waals surface area contributed by atoms with Gasteiger partial charge in [-0.2, -0.15) is 0 Å². The van der Waals surface area contributed by atoms with E-state index in [0.29, 0.717) is 6.04 Å². The molecule has 1 saturated heterocycles. The zero-order valence-electron chi connectivity index (χ0n) is 13.8. The molecule has 1 atom stereocenters. The van der Waals surface area contributed by atoms with Crippen LogP contribution in [0.2, 0.25) is 0 Å². The van der Waals surface area contributed by atoms with Crippen molar-refractivity contribution in [3.63, 3.8) is 0 Å². The fraction of sp³-hybridized carbons (Fsp3) is 1.00. The molecule has 1 rings (SSSR count). The van der Waals surface area contributed by atoms with Gasteiger partial charge in [-0.3, -0.25) is 0 Å². The van der Waals surface area contributed by atoms with Crippen molar-refractivity contribution in [3.05, 3.63) is 0 Å². The Balaban J connectivity index is 2.07. The van der Waals surface area contributed by atoms with Crippen molar-refractivity contribution in [1.29, 1.82) is 0 Å². The zero-order chi connectivity index (χ0) is 14.1. The molecule has 1 unspecified atom stereocenters. The highest BCUT2D eigenvalue weighted by atomic mass is 15.1. The summed E-state index contributed by atoms with van der Waals surface area (Å²) in [6.45, 7) is 13.2. The number of nitrogens with zero attached hydrogens (tertiary/aromatic N) is 1. The van der Waals surface area contributed by atoms with Crippen molar-refractivity contribution in [2.24, 2.45) is 5.92 Å². The molecular formula is C17H36N2. The van der Waals surface area contributed by atoms with Crippen LogP contribution in [0.4, 0.5) is 0 Å². The van der Waals surface area contributed by atoms with Gasteiger partial charge in [0.25, 0.3) is 0 Å². The van der Waals surface area contributed by atoms with Crippen molar-refractivity contribution in [2.45, 2.75) is 84.7 Å². The van der Waals surface area contributed by atoms with Crippen molar-refractivity contribution in [3.8, 4) is 0 Å². The first kappa shape index (κ1) is 17.0. The molecule has 0 aromatic carbocycles. The first-order valence-electron chi connectivity index (χ1n) is 8.60. The Hall–Kier alpha value is -0.0800. The number of unbranched alkanes of at least 4 members (excludes halogenated alkanes) is 3. The molecule has 0 radical (unpaired) electrons. The lowest BCUT2D eigenvalue weighted by Crippen LogP contribution is -2.46. The zero-order valence-corrected chi connectivity index (χ0v) is 13.8. The molecule has 0 bridgehead atoms. The van der Waals surface area contributed by atoms with Gasteiger partial charge >= 0.3 is 0 Å². The van der Waals surface area contributed by atoms with E-state index in [1.807, 2.05) is 0 Å². The van der Waals surface area contributed by atoms with E-state index >= 15 is 0 Å². The Labute approximate surface area is 121 Å². The molecule has 19 heavy (non-hydrogen) atoms. The van der Waals surface area contributed by atoms with Crippen LogP contribution in [0.15, 0.2) is 0 Å². The van der Waals surface area contributed by atoms with Crippen LogP contribution >= 0.6 is 0 Å². The second kappa shape index (κ2) is 9.77. The SMILES string of the molecule is CCCCCCC(C)NC1CCN(CC(C)C)CC1. The molecule has 0 aromatic rings. The van der Waals surface area contributed by atoms with E-state index < -0.39 is 0 Å². The fourth-order valence-corrected chi connectivity index (χ4v) is 3.16. The first-order chi connectivity index (χ1) is 9.11. The van der Waals surface area contributed by atoms with Crippen LogP contribution in [-0.2, 0) is 0 Å². The van der Waals surface area contributed by atoms with Gasteiger partial charge in [0, 0.05) is 18.6 Å². The van der Waals surface area contributed by atoms with Crippen molar-refractivity contribution in [2.75, 3.05) is 19.6 Å². The number of hydrogen-bond donors (Lipinski definition) is 1. The number of nitrogens with one attached hydrogen (secondary N) is 1. The van der Waals surface area contributed by atoms with Gasteiger partial charge in [-0.05, 0) is 45.2 Å². The van der Waals surface area contributed by atoms with E-state index in [-0.39, 0.29) is 0 Å². The standard InChI is InChI=1S/C17H36N2/c1-5-6-7-8-9-16(4)18-17-10-12-19(13-11-17)14-15(2)3/h15-18H,5-14H2,1-4H3. The minimum Gasteiger partial charge on any atom is -0.311 e. The molecule has 0 spiro atoms. The minimum absolute atomic E-state index is 0.707. The summed E-state index contributed by atoms with van der Waals surface area (Å²) >= 11 is 0. The molecule has 0 amide bonds. The average Bonchev–Trinajstić information content (AvgIpc) is 2.36. The van der Waals surface area contributed by atoms with E-state index in [1.165, 1.54) is 64.6 Å². The predicted octanol–water partition coefficient (Wildman–Crippen LogP) is 4.06. The van der Waals surface area contributed by atoms with Gasteiger partial charge < -0.3 is 10.2 Å². The van der Waals surface area contributed by atoms with Crippen LogP contribution in [0.1, 0.15) is 72.6 Å². The molecule has 0 saturated carbocycles. The monoisotopic (exact) mass is 268 g/mol. The number of hydrogen-bond acceptors (Lipinski definition) is 2. The van der Waals surface area contributed by atoms with Gasteiger partial charge in [0.1, 0.15) is 0 Å². The summed E-state index contributed by atoms with van der Waals surface area (Å²) in [5.41, 5.74) is 0.